The third-order valence-corrected chi connectivity index (χ3v) is 5.25. The van der Waals surface area contributed by atoms with Crippen molar-refractivity contribution in [3.8, 4) is 5.88 Å². The van der Waals surface area contributed by atoms with E-state index in [1.165, 1.54) is 11.3 Å². The minimum Gasteiger partial charge on any atom is -0.480 e. The van der Waals surface area contributed by atoms with Gasteiger partial charge in [-0.3, -0.25) is 4.79 Å². The summed E-state index contributed by atoms with van der Waals surface area (Å²) >= 11 is 1.36. The Bertz CT molecular complexity index is 925. The van der Waals surface area contributed by atoms with Gasteiger partial charge in [0, 0.05) is 20.7 Å². The fourth-order valence-corrected chi connectivity index (χ4v) is 3.98. The Labute approximate surface area is 156 Å². The van der Waals surface area contributed by atoms with Crippen LogP contribution in [-0.4, -0.2) is 42.0 Å². The second-order valence-electron chi connectivity index (χ2n) is 5.97. The normalized spacial score (nSPS) is 10.9. The number of aryl methyl sites for hydroxylation is 1. The second kappa shape index (κ2) is 7.80. The Hall–Kier alpha value is -2.51. The molecule has 3 aromatic rings. The average Bonchev–Trinajstić information content (AvgIpc) is 2.98. The van der Waals surface area contributed by atoms with Crippen LogP contribution in [0.1, 0.15) is 26.6 Å². The van der Waals surface area contributed by atoms with Crippen LogP contribution in [0, 0.1) is 6.92 Å². The number of rotatable bonds is 6. The largest absolute Gasteiger partial charge is 0.480 e. The molecule has 0 unspecified atom stereocenters. The fourth-order valence-electron chi connectivity index (χ4n) is 2.79. The monoisotopic (exact) mass is 371 g/mol. The first-order valence-electron chi connectivity index (χ1n) is 8.17. The summed E-state index contributed by atoms with van der Waals surface area (Å²) in [6.07, 6.45) is 0. The summed E-state index contributed by atoms with van der Waals surface area (Å²) in [4.78, 5) is 25.0. The lowest BCUT2D eigenvalue weighted by molar-refractivity contribution is 0.0789. The third kappa shape index (κ3) is 3.54. The topological polar surface area (TPSA) is 64.6 Å². The molecule has 0 fully saturated rings. The van der Waals surface area contributed by atoms with Crippen LogP contribution in [-0.2, 0) is 17.9 Å². The zero-order valence-corrected chi connectivity index (χ0v) is 16.1. The van der Waals surface area contributed by atoms with Crippen LogP contribution in [0.3, 0.4) is 0 Å². The number of methoxy groups -OCH3 is 2. The lowest BCUT2D eigenvalue weighted by Crippen LogP contribution is -2.25. The van der Waals surface area contributed by atoms with Gasteiger partial charge in [-0.2, -0.15) is 4.98 Å². The van der Waals surface area contributed by atoms with E-state index < -0.39 is 0 Å². The summed E-state index contributed by atoms with van der Waals surface area (Å²) in [5, 5.41) is 0.786. The number of carbonyl (C=O) groups excluding carboxylic acids is 1. The number of amides is 1. The Balaban J connectivity index is 1.96. The smallest absolute Gasteiger partial charge is 0.264 e. The van der Waals surface area contributed by atoms with Crippen LogP contribution in [0.2, 0.25) is 0 Å². The number of fused-ring (bicyclic) bond motifs is 1. The van der Waals surface area contributed by atoms with Crippen molar-refractivity contribution in [2.75, 3.05) is 21.3 Å². The van der Waals surface area contributed by atoms with E-state index >= 15 is 0 Å². The number of ether oxygens (including phenoxy) is 2. The highest BCUT2D eigenvalue weighted by molar-refractivity contribution is 7.20. The second-order valence-corrected chi connectivity index (χ2v) is 6.96. The molecule has 0 spiro atoms. The van der Waals surface area contributed by atoms with Crippen molar-refractivity contribution in [1.29, 1.82) is 0 Å². The maximum Gasteiger partial charge on any atom is 0.264 e. The number of benzene rings is 1. The molecule has 0 aliphatic rings. The van der Waals surface area contributed by atoms with Crippen LogP contribution in [0.5, 0.6) is 5.88 Å². The molecular formula is C19H21N3O3S. The highest BCUT2D eigenvalue weighted by Gasteiger charge is 2.23. The highest BCUT2D eigenvalue weighted by Crippen LogP contribution is 2.35. The molecule has 0 atom stereocenters. The van der Waals surface area contributed by atoms with E-state index in [1.54, 1.807) is 26.2 Å². The van der Waals surface area contributed by atoms with E-state index in [0.717, 1.165) is 21.3 Å². The summed E-state index contributed by atoms with van der Waals surface area (Å²) in [5.74, 6) is 0.972. The Morgan fingerprint density at radius 1 is 1.19 bits per heavy atom. The maximum absolute atomic E-state index is 13.0. The van der Waals surface area contributed by atoms with Crippen LogP contribution in [0.15, 0.2) is 30.3 Å². The first kappa shape index (κ1) is 18.3. The van der Waals surface area contributed by atoms with E-state index in [1.807, 2.05) is 37.3 Å². The van der Waals surface area contributed by atoms with Crippen molar-refractivity contribution in [2.45, 2.75) is 20.1 Å². The van der Waals surface area contributed by atoms with Gasteiger partial charge in [0.15, 0.2) is 5.82 Å². The van der Waals surface area contributed by atoms with Gasteiger partial charge in [0.25, 0.3) is 5.91 Å². The molecule has 6 nitrogen and oxygen atoms in total. The van der Waals surface area contributed by atoms with E-state index in [0.29, 0.717) is 29.7 Å². The lowest BCUT2D eigenvalue weighted by Gasteiger charge is -2.16. The zero-order chi connectivity index (χ0) is 18.7. The van der Waals surface area contributed by atoms with Gasteiger partial charge in [-0.1, -0.05) is 30.3 Å². The van der Waals surface area contributed by atoms with Gasteiger partial charge in [-0.25, -0.2) is 4.98 Å². The number of carbonyl (C=O) groups is 1. The SMILES string of the molecule is COCc1nc(OC)c2c(C)c(C(=O)N(C)Cc3ccccc3)sc2n1. The van der Waals surface area contributed by atoms with Crippen LogP contribution in [0.4, 0.5) is 0 Å². The van der Waals surface area contributed by atoms with E-state index in [4.69, 9.17) is 9.47 Å². The third-order valence-electron chi connectivity index (χ3n) is 4.07. The van der Waals surface area contributed by atoms with E-state index in [-0.39, 0.29) is 5.91 Å². The molecular weight excluding hydrogens is 350 g/mol. The van der Waals surface area contributed by atoms with Gasteiger partial charge in [0.2, 0.25) is 5.88 Å². The van der Waals surface area contributed by atoms with Gasteiger partial charge >= 0.3 is 0 Å². The molecule has 2 heterocycles. The van der Waals surface area contributed by atoms with E-state index in [9.17, 15) is 4.79 Å². The first-order chi connectivity index (χ1) is 12.5. The first-order valence-corrected chi connectivity index (χ1v) is 8.99. The number of hydrogen-bond acceptors (Lipinski definition) is 6. The van der Waals surface area contributed by atoms with Crippen molar-refractivity contribution >= 4 is 27.5 Å². The van der Waals surface area contributed by atoms with Gasteiger partial charge < -0.3 is 14.4 Å². The standard InChI is InChI=1S/C19H21N3O3S/c1-12-15-17(25-4)20-14(11-24-3)21-18(15)26-16(12)19(23)22(2)10-13-8-6-5-7-9-13/h5-9H,10-11H2,1-4H3. The maximum atomic E-state index is 13.0. The molecule has 136 valence electrons. The summed E-state index contributed by atoms with van der Waals surface area (Å²) in [6.45, 7) is 2.75. The lowest BCUT2D eigenvalue weighted by atomic mass is 10.2. The number of hydrogen-bond donors (Lipinski definition) is 0. The fraction of sp³-hybridized carbons (Fsp3) is 0.316. The van der Waals surface area contributed by atoms with Crippen molar-refractivity contribution in [1.82, 2.24) is 14.9 Å². The van der Waals surface area contributed by atoms with Crippen LogP contribution < -0.4 is 4.74 Å². The predicted octanol–water partition coefficient (Wildman–Crippen LogP) is 3.43. The zero-order valence-electron chi connectivity index (χ0n) is 15.3. The summed E-state index contributed by atoms with van der Waals surface area (Å²) < 4.78 is 10.5. The van der Waals surface area contributed by atoms with Gasteiger partial charge in [-0.15, -0.1) is 11.3 Å². The van der Waals surface area contributed by atoms with Crippen LogP contribution >= 0.6 is 11.3 Å². The molecule has 3 rings (SSSR count). The molecule has 0 radical (unpaired) electrons. The van der Waals surface area contributed by atoms with Crippen molar-refractivity contribution < 1.29 is 14.3 Å². The van der Waals surface area contributed by atoms with Crippen molar-refractivity contribution in [3.05, 3.63) is 52.2 Å². The quantitative estimate of drug-likeness (QED) is 0.664. The van der Waals surface area contributed by atoms with Crippen molar-refractivity contribution in [2.24, 2.45) is 0 Å². The molecule has 0 aliphatic carbocycles. The van der Waals surface area contributed by atoms with E-state index in [2.05, 4.69) is 9.97 Å². The van der Waals surface area contributed by atoms with Gasteiger partial charge in [0.1, 0.15) is 11.4 Å². The summed E-state index contributed by atoms with van der Waals surface area (Å²) in [6, 6.07) is 9.91. The Morgan fingerprint density at radius 3 is 2.58 bits per heavy atom. The minimum absolute atomic E-state index is 0.0373. The molecule has 0 bridgehead atoms. The molecule has 0 saturated carbocycles. The van der Waals surface area contributed by atoms with Gasteiger partial charge in [-0.05, 0) is 18.1 Å². The molecule has 1 amide bonds. The summed E-state index contributed by atoms with van der Waals surface area (Å²) in [7, 11) is 4.96. The highest BCUT2D eigenvalue weighted by atomic mass is 32.1. The molecule has 26 heavy (non-hydrogen) atoms. The number of thiophene rings is 1. The minimum atomic E-state index is -0.0373. The Morgan fingerprint density at radius 2 is 1.92 bits per heavy atom. The molecule has 0 saturated heterocycles. The Kier molecular flexibility index (Phi) is 5.49. The molecule has 0 aliphatic heterocycles. The molecule has 1 aromatic carbocycles. The number of nitrogens with zero attached hydrogens (tertiary/aromatic N) is 3. The molecule has 0 N–H and O–H groups in total. The summed E-state index contributed by atoms with van der Waals surface area (Å²) in [5.41, 5.74) is 1.93. The van der Waals surface area contributed by atoms with Crippen molar-refractivity contribution in [3.63, 3.8) is 0 Å². The van der Waals surface area contributed by atoms with Crippen LogP contribution in [0.25, 0.3) is 10.2 Å². The number of aromatic nitrogens is 2. The average molecular weight is 371 g/mol. The predicted molar refractivity (Wildman–Crippen MR) is 102 cm³/mol. The molecule has 7 heteroatoms. The molecule has 2 aromatic heterocycles. The van der Waals surface area contributed by atoms with Gasteiger partial charge in [0.05, 0.1) is 17.4 Å².